The van der Waals surface area contributed by atoms with Crippen molar-refractivity contribution in [1.29, 1.82) is 0 Å². The summed E-state index contributed by atoms with van der Waals surface area (Å²) in [5.74, 6) is 0.225. The number of amides is 1. The van der Waals surface area contributed by atoms with Gasteiger partial charge in [-0.3, -0.25) is 4.79 Å². The molecule has 0 bridgehead atoms. The zero-order valence-electron chi connectivity index (χ0n) is 9.13. The van der Waals surface area contributed by atoms with Crippen molar-refractivity contribution in [3.63, 3.8) is 0 Å². The van der Waals surface area contributed by atoms with E-state index in [9.17, 15) is 4.79 Å². The van der Waals surface area contributed by atoms with Gasteiger partial charge < -0.3 is 5.73 Å². The molecular formula is C11H12N5O. The first-order valence-electron chi connectivity index (χ1n) is 5.22. The number of tetrazole rings is 1. The molecule has 6 nitrogen and oxygen atoms in total. The second-order valence-corrected chi connectivity index (χ2v) is 3.55. The number of aromatic nitrogens is 4. The van der Waals surface area contributed by atoms with Crippen LogP contribution in [-0.2, 0) is 6.42 Å². The summed E-state index contributed by atoms with van der Waals surface area (Å²) in [6.07, 6.45) is 3.33. The number of carbonyl (C=O) groups excluding carboxylic acids is 1. The number of hydrogen-bond donors (Lipinski definition) is 2. The minimum atomic E-state index is -0.401. The number of hydrogen-bond acceptors (Lipinski definition) is 4. The third kappa shape index (κ3) is 2.87. The van der Waals surface area contributed by atoms with Gasteiger partial charge in [0.05, 0.1) is 0 Å². The molecule has 6 heteroatoms. The summed E-state index contributed by atoms with van der Waals surface area (Å²) in [6.45, 7) is 0. The number of nitrogens with two attached hydrogens (primary N) is 1. The SMILES string of the molecule is NC(=O)c1ccccc1CC[CH]c1nnn[nH]1. The molecule has 0 aliphatic rings. The zero-order valence-corrected chi connectivity index (χ0v) is 9.13. The number of nitrogens with one attached hydrogen (secondary N) is 1. The highest BCUT2D eigenvalue weighted by Gasteiger charge is 2.07. The van der Waals surface area contributed by atoms with Gasteiger partial charge in [0.2, 0.25) is 5.91 Å². The number of carbonyl (C=O) groups is 1. The summed E-state index contributed by atoms with van der Waals surface area (Å²) in [6, 6.07) is 7.31. The molecule has 17 heavy (non-hydrogen) atoms. The average molecular weight is 230 g/mol. The molecular weight excluding hydrogens is 218 g/mol. The van der Waals surface area contributed by atoms with E-state index in [1.54, 1.807) is 12.1 Å². The van der Waals surface area contributed by atoms with Crippen LogP contribution in [0.15, 0.2) is 24.3 Å². The lowest BCUT2D eigenvalue weighted by molar-refractivity contribution is 0.0999. The van der Waals surface area contributed by atoms with Gasteiger partial charge in [-0.1, -0.05) is 18.2 Å². The second-order valence-electron chi connectivity index (χ2n) is 3.55. The van der Waals surface area contributed by atoms with Crippen molar-refractivity contribution >= 4 is 5.91 Å². The molecule has 1 aromatic heterocycles. The third-order valence-corrected chi connectivity index (χ3v) is 2.40. The number of aryl methyl sites for hydroxylation is 1. The molecule has 0 fully saturated rings. The predicted molar refractivity (Wildman–Crippen MR) is 60.9 cm³/mol. The average Bonchev–Trinajstić information content (AvgIpc) is 2.82. The summed E-state index contributed by atoms with van der Waals surface area (Å²) in [4.78, 5) is 11.2. The summed E-state index contributed by atoms with van der Waals surface area (Å²) in [7, 11) is 0. The van der Waals surface area contributed by atoms with E-state index in [1.807, 2.05) is 18.6 Å². The molecule has 1 radical (unpaired) electrons. The number of rotatable bonds is 5. The van der Waals surface area contributed by atoms with E-state index >= 15 is 0 Å². The fraction of sp³-hybridized carbons (Fsp3) is 0.182. The Balaban J connectivity index is 1.97. The summed E-state index contributed by atoms with van der Waals surface area (Å²) < 4.78 is 0. The van der Waals surface area contributed by atoms with Crippen LogP contribution >= 0.6 is 0 Å². The molecule has 0 saturated heterocycles. The number of nitrogens with zero attached hydrogens (tertiary/aromatic N) is 3. The summed E-state index contributed by atoms with van der Waals surface area (Å²) >= 11 is 0. The van der Waals surface area contributed by atoms with Crippen LogP contribution in [0.25, 0.3) is 0 Å². The van der Waals surface area contributed by atoms with Crippen molar-refractivity contribution in [3.05, 3.63) is 47.6 Å². The van der Waals surface area contributed by atoms with Crippen LogP contribution in [0.4, 0.5) is 0 Å². The van der Waals surface area contributed by atoms with Crippen molar-refractivity contribution in [3.8, 4) is 0 Å². The monoisotopic (exact) mass is 230 g/mol. The molecule has 0 aliphatic carbocycles. The molecule has 1 amide bonds. The fourth-order valence-electron chi connectivity index (χ4n) is 1.60. The first-order valence-corrected chi connectivity index (χ1v) is 5.22. The van der Waals surface area contributed by atoms with Crippen LogP contribution in [0.5, 0.6) is 0 Å². The number of aromatic amines is 1. The van der Waals surface area contributed by atoms with Gasteiger partial charge in [0.15, 0.2) is 5.82 Å². The number of H-pyrrole nitrogens is 1. The van der Waals surface area contributed by atoms with Gasteiger partial charge in [-0.15, -0.1) is 5.10 Å². The normalized spacial score (nSPS) is 10.4. The van der Waals surface area contributed by atoms with Gasteiger partial charge in [-0.05, 0) is 34.9 Å². The van der Waals surface area contributed by atoms with E-state index in [-0.39, 0.29) is 0 Å². The maximum absolute atomic E-state index is 11.2. The van der Waals surface area contributed by atoms with E-state index in [0.29, 0.717) is 11.4 Å². The van der Waals surface area contributed by atoms with Crippen LogP contribution in [0, 0.1) is 6.42 Å². The minimum Gasteiger partial charge on any atom is -0.366 e. The Morgan fingerprint density at radius 1 is 1.41 bits per heavy atom. The first kappa shape index (κ1) is 11.3. The van der Waals surface area contributed by atoms with Gasteiger partial charge in [0.25, 0.3) is 0 Å². The van der Waals surface area contributed by atoms with E-state index in [4.69, 9.17) is 5.73 Å². The van der Waals surface area contributed by atoms with Crippen molar-refractivity contribution in [2.75, 3.05) is 0 Å². The van der Waals surface area contributed by atoms with Gasteiger partial charge in [0, 0.05) is 12.0 Å². The van der Waals surface area contributed by atoms with Crippen molar-refractivity contribution < 1.29 is 4.79 Å². The van der Waals surface area contributed by atoms with Crippen molar-refractivity contribution in [1.82, 2.24) is 20.6 Å². The predicted octanol–water partition coefficient (Wildman–Crippen LogP) is 0.484. The van der Waals surface area contributed by atoms with Gasteiger partial charge in [-0.2, -0.15) is 0 Å². The third-order valence-electron chi connectivity index (χ3n) is 2.40. The van der Waals surface area contributed by atoms with E-state index in [1.165, 1.54) is 0 Å². The highest BCUT2D eigenvalue weighted by molar-refractivity contribution is 5.94. The Hall–Kier alpha value is -2.24. The van der Waals surface area contributed by atoms with Crippen LogP contribution in [0.1, 0.15) is 28.2 Å². The highest BCUT2D eigenvalue weighted by Crippen LogP contribution is 2.12. The zero-order chi connectivity index (χ0) is 12.1. The largest absolute Gasteiger partial charge is 0.366 e. The smallest absolute Gasteiger partial charge is 0.248 e. The maximum Gasteiger partial charge on any atom is 0.248 e. The molecule has 0 unspecified atom stereocenters. The Bertz CT molecular complexity index is 494. The van der Waals surface area contributed by atoms with Crippen LogP contribution < -0.4 is 5.73 Å². The Morgan fingerprint density at radius 3 is 2.94 bits per heavy atom. The molecule has 2 aromatic rings. The first-order chi connectivity index (χ1) is 8.27. The second kappa shape index (κ2) is 5.20. The lowest BCUT2D eigenvalue weighted by Crippen LogP contribution is -2.13. The van der Waals surface area contributed by atoms with E-state index < -0.39 is 5.91 Å². The van der Waals surface area contributed by atoms with Gasteiger partial charge >= 0.3 is 0 Å². The molecule has 0 aliphatic heterocycles. The quantitative estimate of drug-likeness (QED) is 0.780. The van der Waals surface area contributed by atoms with Gasteiger partial charge in [0.1, 0.15) is 0 Å². The van der Waals surface area contributed by atoms with Crippen molar-refractivity contribution in [2.45, 2.75) is 12.8 Å². The Kier molecular flexibility index (Phi) is 3.44. The molecule has 87 valence electrons. The maximum atomic E-state index is 11.2. The van der Waals surface area contributed by atoms with Crippen LogP contribution in [-0.4, -0.2) is 26.5 Å². The van der Waals surface area contributed by atoms with E-state index in [2.05, 4.69) is 20.6 Å². The standard InChI is InChI=1S/C11H12N5O/c12-11(17)9-6-2-1-4-8(9)5-3-7-10-13-15-16-14-10/h1-2,4,6-7H,3,5H2,(H2,12,17)(H,13,14,15,16). The highest BCUT2D eigenvalue weighted by atomic mass is 16.1. The Labute approximate surface area is 98.2 Å². The van der Waals surface area contributed by atoms with Crippen molar-refractivity contribution in [2.24, 2.45) is 5.73 Å². The molecule has 3 N–H and O–H groups in total. The van der Waals surface area contributed by atoms with Crippen LogP contribution in [0.2, 0.25) is 0 Å². The minimum absolute atomic E-state index is 0.401. The van der Waals surface area contributed by atoms with Crippen LogP contribution in [0.3, 0.4) is 0 Å². The van der Waals surface area contributed by atoms with Gasteiger partial charge in [-0.25, -0.2) is 5.10 Å². The lowest BCUT2D eigenvalue weighted by atomic mass is 10.0. The lowest BCUT2D eigenvalue weighted by Gasteiger charge is -2.04. The molecule has 0 spiro atoms. The topological polar surface area (TPSA) is 97.6 Å². The fourth-order valence-corrected chi connectivity index (χ4v) is 1.60. The molecule has 0 saturated carbocycles. The van der Waals surface area contributed by atoms with E-state index in [0.717, 1.165) is 18.4 Å². The summed E-state index contributed by atoms with van der Waals surface area (Å²) in [5, 5.41) is 13.3. The number of primary amides is 1. The molecule has 1 heterocycles. The molecule has 2 rings (SSSR count). The Morgan fingerprint density at radius 2 is 2.24 bits per heavy atom. The molecule has 0 atom stereocenters. The molecule has 1 aromatic carbocycles. The number of benzene rings is 1. The summed E-state index contributed by atoms with van der Waals surface area (Å²) in [5.41, 5.74) is 6.79.